The van der Waals surface area contributed by atoms with E-state index in [-0.39, 0.29) is 11.8 Å². The summed E-state index contributed by atoms with van der Waals surface area (Å²) in [6, 6.07) is 14.1. The van der Waals surface area contributed by atoms with E-state index in [1.807, 2.05) is 48.5 Å². The van der Waals surface area contributed by atoms with E-state index >= 15 is 0 Å². The highest BCUT2D eigenvalue weighted by Gasteiger charge is 2.25. The van der Waals surface area contributed by atoms with Gasteiger partial charge in [0.05, 0.1) is 5.92 Å². The lowest BCUT2D eigenvalue weighted by Crippen LogP contribution is -2.39. The molecule has 0 unspecified atom stereocenters. The molecule has 0 saturated carbocycles. The first kappa shape index (κ1) is 15.3. The lowest BCUT2D eigenvalue weighted by atomic mass is 9.97. The summed E-state index contributed by atoms with van der Waals surface area (Å²) in [5, 5.41) is 11.3. The van der Waals surface area contributed by atoms with Gasteiger partial charge < -0.3 is 10.0 Å². The molecular weight excluding hydrogens is 290 g/mol. The van der Waals surface area contributed by atoms with Gasteiger partial charge in [-0.2, -0.15) is 0 Å². The fourth-order valence-electron chi connectivity index (χ4n) is 3.01. The summed E-state index contributed by atoms with van der Waals surface area (Å²) in [5.41, 5.74) is 1.01. The number of benzene rings is 2. The van der Waals surface area contributed by atoms with Crippen LogP contribution in [0.5, 0.6) is 0 Å². The maximum Gasteiger partial charge on any atom is 0.306 e. The summed E-state index contributed by atoms with van der Waals surface area (Å²) < 4.78 is 0. The average molecular weight is 309 g/mol. The third kappa shape index (κ3) is 3.42. The first-order chi connectivity index (χ1) is 11.1. The highest BCUT2D eigenvalue weighted by atomic mass is 16.4. The van der Waals surface area contributed by atoms with Crippen molar-refractivity contribution in [2.75, 3.05) is 13.1 Å². The normalized spacial score (nSPS) is 16.1. The van der Waals surface area contributed by atoms with Gasteiger partial charge in [0.25, 0.3) is 0 Å². The molecule has 2 aromatic rings. The molecule has 1 saturated heterocycles. The van der Waals surface area contributed by atoms with Gasteiger partial charge in [0, 0.05) is 19.2 Å². The van der Waals surface area contributed by atoms with Gasteiger partial charge >= 0.3 is 5.97 Å². The Morgan fingerprint density at radius 1 is 1.04 bits per heavy atom. The summed E-state index contributed by atoms with van der Waals surface area (Å²) in [5.74, 6) is -1.13. The Kier molecular flexibility index (Phi) is 4.42. The van der Waals surface area contributed by atoms with Crippen molar-refractivity contribution in [1.82, 2.24) is 4.90 Å². The number of hydrogen-bond acceptors (Lipinski definition) is 2. The highest BCUT2D eigenvalue weighted by Crippen LogP contribution is 2.21. The number of rotatable bonds is 3. The van der Waals surface area contributed by atoms with Gasteiger partial charge in [-0.15, -0.1) is 0 Å². The third-order valence-electron chi connectivity index (χ3n) is 4.38. The number of carboxylic acids is 1. The van der Waals surface area contributed by atoms with E-state index in [0.717, 1.165) is 16.3 Å². The van der Waals surface area contributed by atoms with E-state index in [4.69, 9.17) is 5.11 Å². The number of aliphatic carboxylic acids is 1. The van der Waals surface area contributed by atoms with Crippen molar-refractivity contribution in [3.8, 4) is 0 Å². The number of carbonyl (C=O) groups excluding carboxylic acids is 1. The second-order valence-electron chi connectivity index (χ2n) is 5.84. The first-order valence-corrected chi connectivity index (χ1v) is 7.83. The monoisotopic (exact) mass is 309 g/mol. The molecule has 0 bridgehead atoms. The number of piperidine rings is 1. The van der Waals surface area contributed by atoms with E-state index in [1.165, 1.54) is 0 Å². The third-order valence-corrected chi connectivity index (χ3v) is 4.38. The molecule has 1 heterocycles. The quantitative estimate of drug-likeness (QED) is 0.886. The molecule has 1 amide bonds. The largest absolute Gasteiger partial charge is 0.481 e. The van der Waals surface area contributed by atoms with Gasteiger partial charge in [0.1, 0.15) is 0 Å². The lowest BCUT2D eigenvalue weighted by Gasteiger charge is -2.29. The standard InChI is InChI=1S/C19H19NO3/c21-18(20-12-10-16(11-13-20)19(22)23)9-8-15-6-3-5-14-4-1-2-7-17(14)15/h1-9,16H,10-13H2,(H,22,23)/b9-8+. The Morgan fingerprint density at radius 2 is 1.74 bits per heavy atom. The molecular formula is C19H19NO3. The maximum absolute atomic E-state index is 12.3. The van der Waals surface area contributed by atoms with Crippen LogP contribution in [0.25, 0.3) is 16.8 Å². The van der Waals surface area contributed by atoms with Crippen molar-refractivity contribution in [2.24, 2.45) is 5.92 Å². The zero-order valence-corrected chi connectivity index (χ0v) is 12.8. The molecule has 0 radical (unpaired) electrons. The minimum absolute atomic E-state index is 0.0539. The molecule has 1 aliphatic rings. The van der Waals surface area contributed by atoms with Crippen LogP contribution >= 0.6 is 0 Å². The molecule has 1 fully saturated rings. The van der Waals surface area contributed by atoms with E-state index < -0.39 is 5.97 Å². The average Bonchev–Trinajstić information content (AvgIpc) is 2.59. The molecule has 0 spiro atoms. The predicted octanol–water partition coefficient (Wildman–Crippen LogP) is 3.18. The summed E-state index contributed by atoms with van der Waals surface area (Å²) in [6.07, 6.45) is 4.49. The number of nitrogens with zero attached hydrogens (tertiary/aromatic N) is 1. The number of amides is 1. The summed E-state index contributed by atoms with van der Waals surface area (Å²) in [4.78, 5) is 24.9. The van der Waals surface area contributed by atoms with Gasteiger partial charge in [-0.05, 0) is 35.3 Å². The number of fused-ring (bicyclic) bond motifs is 1. The molecule has 4 nitrogen and oxygen atoms in total. The number of likely N-dealkylation sites (tertiary alicyclic amines) is 1. The maximum atomic E-state index is 12.3. The van der Waals surface area contributed by atoms with Crippen LogP contribution < -0.4 is 0 Å². The minimum Gasteiger partial charge on any atom is -0.481 e. The molecule has 0 aliphatic carbocycles. The minimum atomic E-state index is -0.761. The van der Waals surface area contributed by atoms with Gasteiger partial charge in [-0.3, -0.25) is 9.59 Å². The number of hydrogen-bond donors (Lipinski definition) is 1. The first-order valence-electron chi connectivity index (χ1n) is 7.83. The second kappa shape index (κ2) is 6.65. The van der Waals surface area contributed by atoms with Gasteiger partial charge in [-0.25, -0.2) is 0 Å². The SMILES string of the molecule is O=C(O)C1CCN(C(=O)/C=C/c2cccc3ccccc23)CC1. The van der Waals surface area contributed by atoms with Crippen LogP contribution in [0.3, 0.4) is 0 Å². The Morgan fingerprint density at radius 3 is 2.48 bits per heavy atom. The predicted molar refractivity (Wildman–Crippen MR) is 89.9 cm³/mol. The summed E-state index contributed by atoms with van der Waals surface area (Å²) in [6.45, 7) is 1.02. The topological polar surface area (TPSA) is 57.6 Å². The van der Waals surface area contributed by atoms with Crippen LogP contribution in [0.2, 0.25) is 0 Å². The highest BCUT2D eigenvalue weighted by molar-refractivity contribution is 5.96. The zero-order chi connectivity index (χ0) is 16.2. The van der Waals surface area contributed by atoms with Crippen LogP contribution in [0, 0.1) is 5.92 Å². The summed E-state index contributed by atoms with van der Waals surface area (Å²) >= 11 is 0. The van der Waals surface area contributed by atoms with Crippen LogP contribution in [0.4, 0.5) is 0 Å². The van der Waals surface area contributed by atoms with E-state index in [1.54, 1.807) is 11.0 Å². The molecule has 0 aromatic heterocycles. The van der Waals surface area contributed by atoms with Crippen molar-refractivity contribution in [3.05, 3.63) is 54.1 Å². The van der Waals surface area contributed by atoms with Crippen LogP contribution in [0.1, 0.15) is 18.4 Å². The van der Waals surface area contributed by atoms with Crippen molar-refractivity contribution in [2.45, 2.75) is 12.8 Å². The Hall–Kier alpha value is -2.62. The van der Waals surface area contributed by atoms with Gasteiger partial charge in [0.15, 0.2) is 0 Å². The molecule has 4 heteroatoms. The Bertz CT molecular complexity index is 753. The van der Waals surface area contributed by atoms with E-state index in [9.17, 15) is 9.59 Å². The number of carbonyl (C=O) groups is 2. The molecule has 1 N–H and O–H groups in total. The molecule has 2 aromatic carbocycles. The molecule has 118 valence electrons. The van der Waals surface area contributed by atoms with E-state index in [0.29, 0.717) is 25.9 Å². The van der Waals surface area contributed by atoms with Crippen molar-refractivity contribution < 1.29 is 14.7 Å². The molecule has 1 aliphatic heterocycles. The number of carboxylic acid groups (broad SMARTS) is 1. The molecule has 0 atom stereocenters. The Balaban J connectivity index is 1.70. The van der Waals surface area contributed by atoms with Crippen molar-refractivity contribution >= 4 is 28.7 Å². The van der Waals surface area contributed by atoms with Gasteiger partial charge in [0.2, 0.25) is 5.91 Å². The fourth-order valence-corrected chi connectivity index (χ4v) is 3.01. The fraction of sp³-hybridized carbons (Fsp3) is 0.263. The van der Waals surface area contributed by atoms with Crippen molar-refractivity contribution in [3.63, 3.8) is 0 Å². The van der Waals surface area contributed by atoms with Crippen LogP contribution in [-0.2, 0) is 9.59 Å². The van der Waals surface area contributed by atoms with Crippen LogP contribution in [0.15, 0.2) is 48.5 Å². The molecule has 3 rings (SSSR count). The van der Waals surface area contributed by atoms with E-state index in [2.05, 4.69) is 0 Å². The van der Waals surface area contributed by atoms with Crippen LogP contribution in [-0.4, -0.2) is 35.0 Å². The van der Waals surface area contributed by atoms with Crippen molar-refractivity contribution in [1.29, 1.82) is 0 Å². The second-order valence-corrected chi connectivity index (χ2v) is 5.84. The Labute approximate surface area is 135 Å². The molecule has 23 heavy (non-hydrogen) atoms. The smallest absolute Gasteiger partial charge is 0.306 e. The van der Waals surface area contributed by atoms with Gasteiger partial charge in [-0.1, -0.05) is 42.5 Å². The zero-order valence-electron chi connectivity index (χ0n) is 12.8. The lowest BCUT2D eigenvalue weighted by molar-refractivity contribution is -0.144. The summed E-state index contributed by atoms with van der Waals surface area (Å²) in [7, 11) is 0.